The Morgan fingerprint density at radius 3 is 2.65 bits per heavy atom. The van der Waals surface area contributed by atoms with Crippen molar-refractivity contribution in [3.8, 4) is 0 Å². The Hall–Kier alpha value is -0.770. The summed E-state index contributed by atoms with van der Waals surface area (Å²) in [6.07, 6.45) is 9.06. The number of hydrogen-bond donors (Lipinski definition) is 1. The molecule has 0 bridgehead atoms. The van der Waals surface area contributed by atoms with Crippen LogP contribution < -0.4 is 5.32 Å². The molecule has 1 saturated carbocycles. The van der Waals surface area contributed by atoms with Crippen molar-refractivity contribution in [3.05, 3.63) is 0 Å². The van der Waals surface area contributed by atoms with Crippen LogP contribution >= 0.6 is 0 Å². The van der Waals surface area contributed by atoms with Crippen LogP contribution in [0, 0.1) is 5.41 Å². The molecule has 20 heavy (non-hydrogen) atoms. The average molecular weight is 281 g/mol. The highest BCUT2D eigenvalue weighted by molar-refractivity contribution is 5.80. The van der Waals surface area contributed by atoms with Crippen LogP contribution in [0.4, 0.5) is 0 Å². The highest BCUT2D eigenvalue weighted by atomic mass is 16.5. The molecule has 0 aromatic rings. The molecule has 1 N–H and O–H groups in total. The zero-order valence-corrected chi connectivity index (χ0v) is 13.3. The predicted molar refractivity (Wildman–Crippen MR) is 84.2 cm³/mol. The maximum Gasteiger partial charge on any atom is 0.193 e. The first-order chi connectivity index (χ1) is 9.79. The highest BCUT2D eigenvalue weighted by Gasteiger charge is 2.43. The number of nitrogens with zero attached hydrogens (tertiary/aromatic N) is 2. The smallest absolute Gasteiger partial charge is 0.193 e. The fraction of sp³-hybridized carbons (Fsp3) is 0.938. The van der Waals surface area contributed by atoms with Crippen molar-refractivity contribution in [3.63, 3.8) is 0 Å². The van der Waals surface area contributed by atoms with Gasteiger partial charge in [-0.1, -0.05) is 19.8 Å². The SMILES string of the molecule is CCCCOCCCNC(=NC)N1CCC2(CCC2)C1. The monoisotopic (exact) mass is 281 g/mol. The van der Waals surface area contributed by atoms with E-state index in [2.05, 4.69) is 22.1 Å². The third-order valence-corrected chi connectivity index (χ3v) is 4.75. The van der Waals surface area contributed by atoms with E-state index in [1.165, 1.54) is 51.6 Å². The number of unbranched alkanes of at least 4 members (excludes halogenated alkanes) is 1. The van der Waals surface area contributed by atoms with Crippen LogP contribution in [0.1, 0.15) is 51.9 Å². The molecule has 1 saturated heterocycles. The summed E-state index contributed by atoms with van der Waals surface area (Å²) in [6.45, 7) is 7.29. The number of ether oxygens (including phenoxy) is 1. The third-order valence-electron chi connectivity index (χ3n) is 4.75. The summed E-state index contributed by atoms with van der Waals surface area (Å²) in [5.41, 5.74) is 0.640. The molecule has 0 aromatic carbocycles. The van der Waals surface area contributed by atoms with Crippen LogP contribution in [-0.4, -0.2) is 50.8 Å². The molecule has 0 unspecified atom stereocenters. The zero-order chi connectivity index (χ0) is 14.3. The van der Waals surface area contributed by atoms with Crippen molar-refractivity contribution in [2.24, 2.45) is 10.4 Å². The second-order valence-electron chi connectivity index (χ2n) is 6.32. The van der Waals surface area contributed by atoms with Gasteiger partial charge in [0.15, 0.2) is 5.96 Å². The van der Waals surface area contributed by atoms with Gasteiger partial charge in [-0.2, -0.15) is 0 Å². The van der Waals surface area contributed by atoms with Gasteiger partial charge < -0.3 is 15.0 Å². The van der Waals surface area contributed by atoms with E-state index in [0.29, 0.717) is 5.41 Å². The van der Waals surface area contributed by atoms with Crippen molar-refractivity contribution in [1.29, 1.82) is 0 Å². The predicted octanol–water partition coefficient (Wildman–Crippen LogP) is 2.64. The highest BCUT2D eigenvalue weighted by Crippen LogP contribution is 2.47. The summed E-state index contributed by atoms with van der Waals surface area (Å²) >= 11 is 0. The molecule has 4 nitrogen and oxygen atoms in total. The molecule has 116 valence electrons. The molecule has 0 atom stereocenters. The van der Waals surface area contributed by atoms with Gasteiger partial charge in [-0.15, -0.1) is 0 Å². The minimum Gasteiger partial charge on any atom is -0.381 e. The Kier molecular flexibility index (Phi) is 6.14. The van der Waals surface area contributed by atoms with Crippen molar-refractivity contribution < 1.29 is 4.74 Å². The minimum absolute atomic E-state index is 0.640. The molecular weight excluding hydrogens is 250 g/mol. The van der Waals surface area contributed by atoms with Gasteiger partial charge in [0.25, 0.3) is 0 Å². The van der Waals surface area contributed by atoms with Gasteiger partial charge in [-0.05, 0) is 37.5 Å². The minimum atomic E-state index is 0.640. The van der Waals surface area contributed by atoms with Crippen molar-refractivity contribution in [2.45, 2.75) is 51.9 Å². The van der Waals surface area contributed by atoms with Crippen LogP contribution in [0.3, 0.4) is 0 Å². The molecule has 0 aromatic heterocycles. The number of guanidine groups is 1. The van der Waals surface area contributed by atoms with Gasteiger partial charge >= 0.3 is 0 Å². The molecule has 0 radical (unpaired) electrons. The molecule has 1 heterocycles. The van der Waals surface area contributed by atoms with Crippen molar-refractivity contribution in [1.82, 2.24) is 10.2 Å². The van der Waals surface area contributed by atoms with E-state index in [1.54, 1.807) is 0 Å². The summed E-state index contributed by atoms with van der Waals surface area (Å²) in [5, 5.41) is 3.48. The molecule has 2 rings (SSSR count). The maximum atomic E-state index is 5.58. The number of hydrogen-bond acceptors (Lipinski definition) is 2. The Labute approximate surface area is 124 Å². The van der Waals surface area contributed by atoms with Crippen molar-refractivity contribution >= 4 is 5.96 Å². The molecule has 0 amide bonds. The first-order valence-electron chi connectivity index (χ1n) is 8.33. The fourth-order valence-electron chi connectivity index (χ4n) is 3.26. The largest absolute Gasteiger partial charge is 0.381 e. The van der Waals surface area contributed by atoms with E-state index >= 15 is 0 Å². The standard InChI is InChI=1S/C16H31N3O/c1-3-4-12-20-13-6-10-18-15(17-2)19-11-9-16(14-19)7-5-8-16/h3-14H2,1-2H3,(H,17,18). The average Bonchev–Trinajstić information content (AvgIpc) is 2.87. The summed E-state index contributed by atoms with van der Waals surface area (Å²) in [6, 6.07) is 0. The van der Waals surface area contributed by atoms with Gasteiger partial charge in [0.1, 0.15) is 0 Å². The third kappa shape index (κ3) is 4.11. The van der Waals surface area contributed by atoms with Crippen LogP contribution in [-0.2, 0) is 4.74 Å². The second kappa shape index (κ2) is 7.87. The number of likely N-dealkylation sites (tertiary alicyclic amines) is 1. The van der Waals surface area contributed by atoms with E-state index in [4.69, 9.17) is 4.74 Å². The van der Waals surface area contributed by atoms with E-state index in [-0.39, 0.29) is 0 Å². The first-order valence-corrected chi connectivity index (χ1v) is 8.33. The molecule has 1 aliphatic heterocycles. The second-order valence-corrected chi connectivity index (χ2v) is 6.32. The summed E-state index contributed by atoms with van der Waals surface area (Å²) in [5.74, 6) is 1.09. The van der Waals surface area contributed by atoms with Gasteiger partial charge in [0.2, 0.25) is 0 Å². The lowest BCUT2D eigenvalue weighted by Crippen LogP contribution is -2.43. The summed E-state index contributed by atoms with van der Waals surface area (Å²) in [7, 11) is 1.89. The Balaban J connectivity index is 1.59. The molecule has 2 aliphatic rings. The van der Waals surface area contributed by atoms with E-state index < -0.39 is 0 Å². The van der Waals surface area contributed by atoms with Crippen LogP contribution in [0.25, 0.3) is 0 Å². The Bertz CT molecular complexity index is 313. The lowest BCUT2D eigenvalue weighted by atomic mass is 9.68. The molecular formula is C16H31N3O. The van der Waals surface area contributed by atoms with Crippen LogP contribution in [0.2, 0.25) is 0 Å². The molecule has 1 spiro atoms. The summed E-state index contributed by atoms with van der Waals surface area (Å²) in [4.78, 5) is 6.87. The lowest BCUT2D eigenvalue weighted by molar-refractivity contribution is 0.129. The molecule has 4 heteroatoms. The fourth-order valence-corrected chi connectivity index (χ4v) is 3.26. The number of rotatable bonds is 7. The van der Waals surface area contributed by atoms with Gasteiger partial charge in [0.05, 0.1) is 0 Å². The van der Waals surface area contributed by atoms with Crippen LogP contribution in [0.15, 0.2) is 4.99 Å². The zero-order valence-electron chi connectivity index (χ0n) is 13.3. The Morgan fingerprint density at radius 1 is 1.25 bits per heavy atom. The van der Waals surface area contributed by atoms with Gasteiger partial charge in [-0.25, -0.2) is 0 Å². The quantitative estimate of drug-likeness (QED) is 0.443. The maximum absolute atomic E-state index is 5.58. The van der Waals surface area contributed by atoms with E-state index in [0.717, 1.165) is 32.1 Å². The first kappa shape index (κ1) is 15.6. The summed E-state index contributed by atoms with van der Waals surface area (Å²) < 4.78 is 5.58. The van der Waals surface area contributed by atoms with E-state index in [1.807, 2.05) is 7.05 Å². The van der Waals surface area contributed by atoms with Gasteiger partial charge in [0, 0.05) is 39.9 Å². The molecule has 2 fully saturated rings. The molecule has 1 aliphatic carbocycles. The van der Waals surface area contributed by atoms with Crippen molar-refractivity contribution in [2.75, 3.05) is 39.9 Å². The van der Waals surface area contributed by atoms with Crippen LogP contribution in [0.5, 0.6) is 0 Å². The normalized spacial score (nSPS) is 21.3. The van der Waals surface area contributed by atoms with E-state index in [9.17, 15) is 0 Å². The number of nitrogens with one attached hydrogen (secondary N) is 1. The van der Waals surface area contributed by atoms with Gasteiger partial charge in [-0.3, -0.25) is 4.99 Å². The topological polar surface area (TPSA) is 36.9 Å². The Morgan fingerprint density at radius 2 is 2.05 bits per heavy atom. The number of aliphatic imine (C=N–C) groups is 1. The lowest BCUT2D eigenvalue weighted by Gasteiger charge is -2.38.